The second-order valence-electron chi connectivity index (χ2n) is 3.25. The zero-order chi connectivity index (χ0) is 10.8. The van der Waals surface area contributed by atoms with Crippen molar-refractivity contribution in [2.45, 2.75) is 6.42 Å². The second-order valence-corrected chi connectivity index (χ2v) is 3.25. The molecule has 4 nitrogen and oxygen atoms in total. The highest BCUT2D eigenvalue weighted by atomic mass is 16.4. The van der Waals surface area contributed by atoms with Crippen molar-refractivity contribution in [2.24, 2.45) is 0 Å². The van der Waals surface area contributed by atoms with Crippen molar-refractivity contribution >= 4 is 22.7 Å². The number of para-hydroxylation sites is 1. The number of hydrogen-bond acceptors (Lipinski definition) is 3. The van der Waals surface area contributed by atoms with E-state index in [1.807, 2.05) is 24.3 Å². The number of benzene rings is 1. The fraction of sp³-hybridized carbons (Fsp3) is 0.0909. The number of carbonyl (C=O) groups is 2. The van der Waals surface area contributed by atoms with Crippen LogP contribution >= 0.6 is 0 Å². The number of ketones is 1. The van der Waals surface area contributed by atoms with E-state index >= 15 is 0 Å². The van der Waals surface area contributed by atoms with Crippen molar-refractivity contribution in [3.05, 3.63) is 36.0 Å². The molecular formula is C11H8NO3-. The standard InChI is InChI=1S/C11H9NO3/c13-10(11(14)15)5-7-6-12-9-4-2-1-3-8(7)9/h1-4,6,12H,5H2,(H,14,15)/p-1. The van der Waals surface area contributed by atoms with E-state index in [2.05, 4.69) is 4.98 Å². The highest BCUT2D eigenvalue weighted by molar-refractivity contribution is 6.32. The maximum atomic E-state index is 11.0. The van der Waals surface area contributed by atoms with Crippen LogP contribution in [0.15, 0.2) is 30.5 Å². The SMILES string of the molecule is O=C([O-])C(=O)Cc1c[nH]c2ccccc12. The fourth-order valence-electron chi connectivity index (χ4n) is 1.52. The number of Topliss-reactive ketones (excluding diaryl/α,β-unsaturated/α-hetero) is 1. The summed E-state index contributed by atoms with van der Waals surface area (Å²) in [5.41, 5.74) is 1.57. The minimum absolute atomic E-state index is 0.133. The predicted molar refractivity (Wildman–Crippen MR) is 52.0 cm³/mol. The maximum Gasteiger partial charge on any atom is 0.182 e. The molecule has 0 aliphatic rings. The van der Waals surface area contributed by atoms with E-state index < -0.39 is 11.8 Å². The molecule has 0 aliphatic heterocycles. The summed E-state index contributed by atoms with van der Waals surface area (Å²) in [5, 5.41) is 11.2. The number of fused-ring (bicyclic) bond motifs is 1. The Morgan fingerprint density at radius 3 is 2.73 bits per heavy atom. The van der Waals surface area contributed by atoms with Gasteiger partial charge < -0.3 is 14.9 Å². The summed E-state index contributed by atoms with van der Waals surface area (Å²) in [6.07, 6.45) is 1.51. The first-order valence-electron chi connectivity index (χ1n) is 4.47. The van der Waals surface area contributed by atoms with E-state index in [9.17, 15) is 14.7 Å². The van der Waals surface area contributed by atoms with E-state index in [4.69, 9.17) is 0 Å². The third-order valence-corrected chi connectivity index (χ3v) is 2.25. The van der Waals surface area contributed by atoms with Crippen molar-refractivity contribution < 1.29 is 14.7 Å². The molecule has 2 aromatic rings. The molecule has 76 valence electrons. The molecule has 0 unspecified atom stereocenters. The van der Waals surface area contributed by atoms with Gasteiger partial charge in [-0.15, -0.1) is 0 Å². The number of H-pyrrole nitrogens is 1. The summed E-state index contributed by atoms with van der Waals surface area (Å²) in [5.74, 6) is -2.54. The van der Waals surface area contributed by atoms with Crippen molar-refractivity contribution in [2.75, 3.05) is 0 Å². The first-order valence-corrected chi connectivity index (χ1v) is 4.47. The lowest BCUT2D eigenvalue weighted by Gasteiger charge is -1.99. The molecule has 1 heterocycles. The van der Waals surface area contributed by atoms with Crippen LogP contribution in [0, 0.1) is 0 Å². The van der Waals surface area contributed by atoms with Crippen molar-refractivity contribution in [3.63, 3.8) is 0 Å². The largest absolute Gasteiger partial charge is 0.542 e. The van der Waals surface area contributed by atoms with Crippen LogP contribution in [0.4, 0.5) is 0 Å². The average Bonchev–Trinajstić information content (AvgIpc) is 2.62. The lowest BCUT2D eigenvalue weighted by molar-refractivity contribution is -0.299. The van der Waals surface area contributed by atoms with E-state index in [1.165, 1.54) is 0 Å². The molecule has 0 fully saturated rings. The van der Waals surface area contributed by atoms with Gasteiger partial charge in [0.1, 0.15) is 5.97 Å². The Hall–Kier alpha value is -2.10. The summed E-state index contributed by atoms with van der Waals surface area (Å²) in [7, 11) is 0. The quantitative estimate of drug-likeness (QED) is 0.713. The molecule has 15 heavy (non-hydrogen) atoms. The van der Waals surface area contributed by atoms with E-state index in [-0.39, 0.29) is 6.42 Å². The van der Waals surface area contributed by atoms with Crippen LogP contribution < -0.4 is 5.11 Å². The molecule has 0 amide bonds. The molecule has 4 heteroatoms. The molecule has 1 aromatic heterocycles. The molecule has 0 saturated heterocycles. The Bertz CT molecular complexity index is 527. The molecule has 2 rings (SSSR count). The lowest BCUT2D eigenvalue weighted by Crippen LogP contribution is -2.32. The van der Waals surface area contributed by atoms with Gasteiger partial charge in [-0.2, -0.15) is 0 Å². The number of rotatable bonds is 3. The normalized spacial score (nSPS) is 10.4. The number of aromatic amines is 1. The van der Waals surface area contributed by atoms with E-state index in [0.717, 1.165) is 10.9 Å². The van der Waals surface area contributed by atoms with Crippen LogP contribution in [-0.2, 0) is 16.0 Å². The van der Waals surface area contributed by atoms with Crippen LogP contribution in [0.3, 0.4) is 0 Å². The number of carboxylic acid groups (broad SMARTS) is 1. The number of carbonyl (C=O) groups excluding carboxylic acids is 2. The van der Waals surface area contributed by atoms with Gasteiger partial charge in [0.2, 0.25) is 0 Å². The molecule has 1 aromatic carbocycles. The number of nitrogens with one attached hydrogen (secondary N) is 1. The number of carboxylic acids is 1. The van der Waals surface area contributed by atoms with Gasteiger partial charge in [0.05, 0.1) is 0 Å². The third-order valence-electron chi connectivity index (χ3n) is 2.25. The van der Waals surface area contributed by atoms with Crippen LogP contribution in [0.5, 0.6) is 0 Å². The van der Waals surface area contributed by atoms with E-state index in [0.29, 0.717) is 5.56 Å². The number of aromatic nitrogens is 1. The highest BCUT2D eigenvalue weighted by Gasteiger charge is 2.08. The maximum absolute atomic E-state index is 11.0. The molecule has 0 saturated carbocycles. The summed E-state index contributed by atoms with van der Waals surface area (Å²) in [6.45, 7) is 0. The van der Waals surface area contributed by atoms with Gasteiger partial charge >= 0.3 is 0 Å². The summed E-state index contributed by atoms with van der Waals surface area (Å²) < 4.78 is 0. The molecule has 0 bridgehead atoms. The molecule has 0 radical (unpaired) electrons. The summed E-state index contributed by atoms with van der Waals surface area (Å²) in [6, 6.07) is 7.40. The first kappa shape index (κ1) is 9.45. The predicted octanol–water partition coefficient (Wildman–Crippen LogP) is 0.0294. The van der Waals surface area contributed by atoms with Crippen LogP contribution in [0.1, 0.15) is 5.56 Å². The topological polar surface area (TPSA) is 73.0 Å². The van der Waals surface area contributed by atoms with Gasteiger partial charge in [0.25, 0.3) is 0 Å². The number of aliphatic carboxylic acids is 1. The molecular weight excluding hydrogens is 194 g/mol. The van der Waals surface area contributed by atoms with Crippen molar-refractivity contribution in [1.29, 1.82) is 0 Å². The molecule has 0 spiro atoms. The Labute approximate surface area is 85.5 Å². The van der Waals surface area contributed by atoms with Gasteiger partial charge in [-0.05, 0) is 11.6 Å². The van der Waals surface area contributed by atoms with Gasteiger partial charge in [-0.1, -0.05) is 18.2 Å². The Kier molecular flexibility index (Phi) is 2.25. The zero-order valence-corrected chi connectivity index (χ0v) is 7.82. The van der Waals surface area contributed by atoms with Crippen molar-refractivity contribution in [3.8, 4) is 0 Å². The van der Waals surface area contributed by atoms with Crippen LogP contribution in [0.2, 0.25) is 0 Å². The lowest BCUT2D eigenvalue weighted by atomic mass is 10.1. The fourth-order valence-corrected chi connectivity index (χ4v) is 1.52. The van der Waals surface area contributed by atoms with Gasteiger partial charge in [0, 0.05) is 23.5 Å². The Morgan fingerprint density at radius 1 is 1.27 bits per heavy atom. The van der Waals surface area contributed by atoms with Crippen molar-refractivity contribution in [1.82, 2.24) is 4.98 Å². The number of hydrogen-bond donors (Lipinski definition) is 1. The summed E-state index contributed by atoms with van der Waals surface area (Å²) in [4.78, 5) is 24.2. The smallest absolute Gasteiger partial charge is 0.182 e. The molecule has 1 N–H and O–H groups in total. The van der Waals surface area contributed by atoms with Gasteiger partial charge in [-0.25, -0.2) is 0 Å². The highest BCUT2D eigenvalue weighted by Crippen LogP contribution is 2.17. The molecule has 0 aliphatic carbocycles. The third kappa shape index (κ3) is 1.74. The summed E-state index contributed by atoms with van der Waals surface area (Å²) >= 11 is 0. The molecule has 0 atom stereocenters. The first-order chi connectivity index (χ1) is 7.18. The Morgan fingerprint density at radius 2 is 2.00 bits per heavy atom. The van der Waals surface area contributed by atoms with Gasteiger partial charge in [0.15, 0.2) is 5.78 Å². The minimum atomic E-state index is -1.64. The minimum Gasteiger partial charge on any atom is -0.542 e. The van der Waals surface area contributed by atoms with E-state index in [1.54, 1.807) is 6.20 Å². The second kappa shape index (κ2) is 3.57. The Balaban J connectivity index is 2.37. The average molecular weight is 202 g/mol. The zero-order valence-electron chi connectivity index (χ0n) is 7.82. The monoisotopic (exact) mass is 202 g/mol. The van der Waals surface area contributed by atoms with Gasteiger partial charge in [-0.3, -0.25) is 4.79 Å². The van der Waals surface area contributed by atoms with Crippen LogP contribution in [0.25, 0.3) is 10.9 Å². The van der Waals surface area contributed by atoms with Crippen LogP contribution in [-0.4, -0.2) is 16.7 Å².